The summed E-state index contributed by atoms with van der Waals surface area (Å²) in [5, 5.41) is 1.10. The number of rotatable bonds is 2. The first-order chi connectivity index (χ1) is 9.97. The molecule has 1 aliphatic rings. The Morgan fingerprint density at radius 2 is 2.14 bits per heavy atom. The second-order valence-electron chi connectivity index (χ2n) is 6.20. The number of fused-ring (bicyclic) bond motifs is 2. The van der Waals surface area contributed by atoms with Crippen molar-refractivity contribution in [2.75, 3.05) is 13.6 Å². The second-order valence-corrected chi connectivity index (χ2v) is 6.64. The molecule has 0 spiro atoms. The Morgan fingerprint density at radius 1 is 1.38 bits per heavy atom. The second kappa shape index (κ2) is 5.35. The summed E-state index contributed by atoms with van der Waals surface area (Å²) >= 11 is 5.35. The van der Waals surface area contributed by atoms with Crippen LogP contribution in [0.25, 0.3) is 10.9 Å². The van der Waals surface area contributed by atoms with E-state index >= 15 is 0 Å². The number of nitrogens with zero attached hydrogens (tertiary/aromatic N) is 2. The number of aromatic nitrogens is 1. The van der Waals surface area contributed by atoms with Gasteiger partial charge in [-0.25, -0.2) is 0 Å². The SMILES string of the molecule is CC(C)c1ccc2nc3c(c(C(N)=S)c2c1)CN(C)CC3. The molecule has 3 nitrogen and oxygen atoms in total. The lowest BCUT2D eigenvalue weighted by molar-refractivity contribution is 0.310. The van der Waals surface area contributed by atoms with E-state index in [4.69, 9.17) is 22.9 Å². The van der Waals surface area contributed by atoms with Crippen molar-refractivity contribution in [2.24, 2.45) is 5.73 Å². The van der Waals surface area contributed by atoms with Gasteiger partial charge in [0.05, 0.1) is 5.52 Å². The molecule has 0 atom stereocenters. The lowest BCUT2D eigenvalue weighted by Crippen LogP contribution is -2.30. The molecule has 21 heavy (non-hydrogen) atoms. The molecule has 1 aliphatic heterocycles. The third-order valence-corrected chi connectivity index (χ3v) is 4.47. The molecule has 3 rings (SSSR count). The standard InChI is InChI=1S/C17H21N3S/c1-10(2)11-4-5-14-12(8-11)16(17(18)21)13-9-20(3)7-6-15(13)19-14/h4-5,8,10H,6-7,9H2,1-3H3,(H2,18,21). The quantitative estimate of drug-likeness (QED) is 0.866. The third kappa shape index (κ3) is 2.54. The Morgan fingerprint density at radius 3 is 2.81 bits per heavy atom. The van der Waals surface area contributed by atoms with E-state index in [2.05, 4.69) is 44.0 Å². The van der Waals surface area contributed by atoms with Gasteiger partial charge in [0.25, 0.3) is 0 Å². The molecule has 2 heterocycles. The topological polar surface area (TPSA) is 42.1 Å². The molecule has 0 saturated carbocycles. The number of pyridine rings is 1. The van der Waals surface area contributed by atoms with Gasteiger partial charge in [-0.1, -0.05) is 32.1 Å². The molecule has 0 fully saturated rings. The monoisotopic (exact) mass is 299 g/mol. The van der Waals surface area contributed by atoms with Crippen LogP contribution in [0.4, 0.5) is 0 Å². The minimum absolute atomic E-state index is 0.479. The van der Waals surface area contributed by atoms with Crippen LogP contribution in [0.5, 0.6) is 0 Å². The molecule has 0 amide bonds. The number of hydrogen-bond acceptors (Lipinski definition) is 3. The summed E-state index contributed by atoms with van der Waals surface area (Å²) in [5.41, 5.74) is 11.8. The first-order valence-electron chi connectivity index (χ1n) is 7.41. The molecule has 1 aromatic carbocycles. The van der Waals surface area contributed by atoms with Crippen molar-refractivity contribution in [3.8, 4) is 0 Å². The van der Waals surface area contributed by atoms with Gasteiger partial charge in [-0.3, -0.25) is 4.98 Å². The lowest BCUT2D eigenvalue weighted by Gasteiger charge is -2.27. The van der Waals surface area contributed by atoms with Crippen LogP contribution in [0.1, 0.15) is 42.1 Å². The molecule has 1 aromatic heterocycles. The van der Waals surface area contributed by atoms with Crippen LogP contribution in [0.2, 0.25) is 0 Å². The zero-order chi connectivity index (χ0) is 15.1. The van der Waals surface area contributed by atoms with Crippen molar-refractivity contribution in [3.63, 3.8) is 0 Å². The molecular weight excluding hydrogens is 278 g/mol. The Kier molecular flexibility index (Phi) is 3.68. The lowest BCUT2D eigenvalue weighted by atomic mass is 9.93. The van der Waals surface area contributed by atoms with Crippen LogP contribution in [-0.4, -0.2) is 28.5 Å². The van der Waals surface area contributed by atoms with Crippen molar-refractivity contribution in [1.29, 1.82) is 0 Å². The van der Waals surface area contributed by atoms with Crippen molar-refractivity contribution in [2.45, 2.75) is 32.7 Å². The highest BCUT2D eigenvalue weighted by Crippen LogP contribution is 2.29. The Bertz CT molecular complexity index is 722. The van der Waals surface area contributed by atoms with Crippen molar-refractivity contribution < 1.29 is 0 Å². The summed E-state index contributed by atoms with van der Waals surface area (Å²) in [6.45, 7) is 6.30. The molecule has 0 saturated heterocycles. The first kappa shape index (κ1) is 14.4. The maximum atomic E-state index is 6.06. The van der Waals surface area contributed by atoms with Crippen LogP contribution < -0.4 is 5.73 Å². The minimum atomic E-state index is 0.479. The highest BCUT2D eigenvalue weighted by molar-refractivity contribution is 7.80. The predicted octanol–water partition coefficient (Wildman–Crippen LogP) is 2.98. The van der Waals surface area contributed by atoms with Crippen molar-refractivity contribution in [1.82, 2.24) is 9.88 Å². The number of hydrogen-bond donors (Lipinski definition) is 1. The van der Waals surface area contributed by atoms with Gasteiger partial charge < -0.3 is 10.6 Å². The average Bonchev–Trinajstić information content (AvgIpc) is 2.43. The predicted molar refractivity (Wildman–Crippen MR) is 91.8 cm³/mol. The summed E-state index contributed by atoms with van der Waals surface area (Å²) in [6.07, 6.45) is 0.962. The largest absolute Gasteiger partial charge is 0.389 e. The van der Waals surface area contributed by atoms with Gasteiger partial charge in [-0.05, 0) is 36.2 Å². The molecule has 0 aliphatic carbocycles. The molecule has 2 N–H and O–H groups in total. The van der Waals surface area contributed by atoms with Gasteiger partial charge in [0.2, 0.25) is 0 Å². The third-order valence-electron chi connectivity index (χ3n) is 4.27. The van der Waals surface area contributed by atoms with Crippen LogP contribution in [0.3, 0.4) is 0 Å². The zero-order valence-corrected chi connectivity index (χ0v) is 13.6. The van der Waals surface area contributed by atoms with E-state index in [1.54, 1.807) is 0 Å². The summed E-state index contributed by atoms with van der Waals surface area (Å²) < 4.78 is 0. The van der Waals surface area contributed by atoms with Gasteiger partial charge >= 0.3 is 0 Å². The highest BCUT2D eigenvalue weighted by Gasteiger charge is 2.22. The summed E-state index contributed by atoms with van der Waals surface area (Å²) in [7, 11) is 2.13. The fourth-order valence-corrected chi connectivity index (χ4v) is 3.27. The normalized spacial score (nSPS) is 15.4. The van der Waals surface area contributed by atoms with Crippen LogP contribution in [0.15, 0.2) is 18.2 Å². The zero-order valence-electron chi connectivity index (χ0n) is 12.8. The van der Waals surface area contributed by atoms with Crippen LogP contribution >= 0.6 is 12.2 Å². The Labute approximate surface area is 131 Å². The fourth-order valence-electron chi connectivity index (χ4n) is 3.03. The molecule has 0 bridgehead atoms. The van der Waals surface area contributed by atoms with E-state index in [0.717, 1.165) is 41.7 Å². The average molecular weight is 299 g/mol. The minimum Gasteiger partial charge on any atom is -0.389 e. The van der Waals surface area contributed by atoms with E-state index in [-0.39, 0.29) is 0 Å². The first-order valence-corrected chi connectivity index (χ1v) is 7.82. The van der Waals surface area contributed by atoms with E-state index < -0.39 is 0 Å². The smallest absolute Gasteiger partial charge is 0.105 e. The maximum absolute atomic E-state index is 6.06. The van der Waals surface area contributed by atoms with E-state index in [9.17, 15) is 0 Å². The van der Waals surface area contributed by atoms with Crippen molar-refractivity contribution >= 4 is 28.1 Å². The van der Waals surface area contributed by atoms with Gasteiger partial charge in [0, 0.05) is 36.2 Å². The highest BCUT2D eigenvalue weighted by atomic mass is 32.1. The molecule has 2 aromatic rings. The number of likely N-dealkylation sites (N-methyl/N-ethyl adjacent to an activating group) is 1. The maximum Gasteiger partial charge on any atom is 0.105 e. The molecular formula is C17H21N3S. The number of benzene rings is 1. The van der Waals surface area contributed by atoms with Gasteiger partial charge in [-0.2, -0.15) is 0 Å². The molecule has 0 radical (unpaired) electrons. The van der Waals surface area contributed by atoms with E-state index in [0.29, 0.717) is 10.9 Å². The van der Waals surface area contributed by atoms with Crippen LogP contribution in [-0.2, 0) is 13.0 Å². The number of nitrogens with two attached hydrogens (primary N) is 1. The number of thiocarbonyl (C=S) groups is 1. The molecule has 0 unspecified atom stereocenters. The fraction of sp³-hybridized carbons (Fsp3) is 0.412. The Balaban J connectivity index is 2.32. The summed E-state index contributed by atoms with van der Waals surface area (Å²) in [5.74, 6) is 0.479. The van der Waals surface area contributed by atoms with Gasteiger partial charge in [0.15, 0.2) is 0 Å². The molecule has 110 valence electrons. The van der Waals surface area contributed by atoms with Gasteiger partial charge in [0.1, 0.15) is 4.99 Å². The van der Waals surface area contributed by atoms with Gasteiger partial charge in [-0.15, -0.1) is 0 Å². The summed E-state index contributed by atoms with van der Waals surface area (Å²) in [6, 6.07) is 6.46. The Hall–Kier alpha value is -1.52. The van der Waals surface area contributed by atoms with E-state index in [1.807, 2.05) is 0 Å². The van der Waals surface area contributed by atoms with E-state index in [1.165, 1.54) is 11.1 Å². The van der Waals surface area contributed by atoms with Crippen molar-refractivity contribution in [3.05, 3.63) is 40.6 Å². The summed E-state index contributed by atoms with van der Waals surface area (Å²) in [4.78, 5) is 7.63. The van der Waals surface area contributed by atoms with Crippen LogP contribution in [0, 0.1) is 0 Å². The molecule has 4 heteroatoms.